The van der Waals surface area contributed by atoms with Gasteiger partial charge in [-0.15, -0.1) is 0 Å². The van der Waals surface area contributed by atoms with Crippen LogP contribution in [0.5, 0.6) is 0 Å². The third-order valence-electron chi connectivity index (χ3n) is 5.94. The highest BCUT2D eigenvalue weighted by Crippen LogP contribution is 2.09. The molecule has 1 rings (SSSR count). The number of rotatable bonds is 14. The number of benzene rings is 1. The van der Waals surface area contributed by atoms with Crippen molar-refractivity contribution in [1.29, 1.82) is 0 Å². The smallest absolute Gasteiger partial charge is 0.408 e. The topological polar surface area (TPSA) is 195 Å². The molecule has 0 aromatic heterocycles. The number of amides is 5. The van der Waals surface area contributed by atoms with Crippen LogP contribution in [0.3, 0.4) is 0 Å². The van der Waals surface area contributed by atoms with Crippen molar-refractivity contribution in [2.75, 3.05) is 0 Å². The zero-order chi connectivity index (χ0) is 31.3. The lowest BCUT2D eigenvalue weighted by Crippen LogP contribution is -2.58. The zero-order valence-electron chi connectivity index (χ0n) is 24.7. The normalized spacial score (nSPS) is 14.7. The predicted molar refractivity (Wildman–Crippen MR) is 150 cm³/mol. The average Bonchev–Trinajstić information content (AvgIpc) is 2.88. The van der Waals surface area contributed by atoms with E-state index in [0.29, 0.717) is 6.42 Å². The van der Waals surface area contributed by atoms with Gasteiger partial charge in [-0.25, -0.2) is 4.79 Å². The molecule has 0 aliphatic heterocycles. The highest BCUT2D eigenvalue weighted by Gasteiger charge is 2.31. The third kappa shape index (κ3) is 13.2. The van der Waals surface area contributed by atoms with Crippen LogP contribution in [0.4, 0.5) is 4.79 Å². The SMILES string of the molecule is CC[C@H](C)[C@H](NC(=O)[C@H](C)NC(=O)[C@@H](CC(=O)OCc1ccccc1)NC(=O)[C@@H](C)NC(=O)OC(C)(C)C)C(N)=O. The Morgan fingerprint density at radius 1 is 0.829 bits per heavy atom. The van der Waals surface area contributed by atoms with Crippen molar-refractivity contribution in [3.8, 4) is 0 Å². The summed E-state index contributed by atoms with van der Waals surface area (Å²) in [5, 5.41) is 9.74. The van der Waals surface area contributed by atoms with Gasteiger partial charge in [0.1, 0.15) is 36.4 Å². The van der Waals surface area contributed by atoms with Crippen LogP contribution in [0.25, 0.3) is 0 Å². The average molecular weight is 578 g/mol. The molecule has 0 spiro atoms. The van der Waals surface area contributed by atoms with E-state index in [4.69, 9.17) is 15.2 Å². The van der Waals surface area contributed by atoms with Crippen molar-refractivity contribution in [2.45, 2.75) is 97.7 Å². The number of alkyl carbamates (subject to hydrolysis) is 1. The molecule has 0 saturated heterocycles. The van der Waals surface area contributed by atoms with E-state index in [2.05, 4.69) is 21.3 Å². The number of nitrogens with two attached hydrogens (primary N) is 1. The molecule has 13 nitrogen and oxygen atoms in total. The van der Waals surface area contributed by atoms with E-state index in [9.17, 15) is 28.8 Å². The van der Waals surface area contributed by atoms with E-state index in [1.165, 1.54) is 13.8 Å². The van der Waals surface area contributed by atoms with Crippen molar-refractivity contribution in [3.63, 3.8) is 0 Å². The Hall–Kier alpha value is -4.16. The Morgan fingerprint density at radius 2 is 1.39 bits per heavy atom. The van der Waals surface area contributed by atoms with Gasteiger partial charge in [0.25, 0.3) is 0 Å². The van der Waals surface area contributed by atoms with E-state index in [1.54, 1.807) is 58.0 Å². The summed E-state index contributed by atoms with van der Waals surface area (Å²) < 4.78 is 10.4. The number of carbonyl (C=O) groups is 6. The van der Waals surface area contributed by atoms with Crippen LogP contribution >= 0.6 is 0 Å². The van der Waals surface area contributed by atoms with Gasteiger partial charge in [0, 0.05) is 0 Å². The van der Waals surface area contributed by atoms with Crippen LogP contribution in [0.15, 0.2) is 30.3 Å². The molecular formula is C28H43N5O8. The number of primary amides is 1. The number of nitrogens with one attached hydrogen (secondary N) is 4. The fraction of sp³-hybridized carbons (Fsp3) is 0.571. The largest absolute Gasteiger partial charge is 0.461 e. The van der Waals surface area contributed by atoms with Gasteiger partial charge < -0.3 is 36.5 Å². The minimum absolute atomic E-state index is 0.0541. The highest BCUT2D eigenvalue weighted by molar-refractivity contribution is 5.96. The van der Waals surface area contributed by atoms with Crippen LogP contribution in [-0.4, -0.2) is 65.5 Å². The molecule has 0 fully saturated rings. The van der Waals surface area contributed by atoms with Crippen molar-refractivity contribution in [3.05, 3.63) is 35.9 Å². The second kappa shape index (κ2) is 16.2. The molecule has 1 aromatic rings. The van der Waals surface area contributed by atoms with Gasteiger partial charge in [0.2, 0.25) is 23.6 Å². The second-order valence-corrected chi connectivity index (χ2v) is 10.8. The van der Waals surface area contributed by atoms with Gasteiger partial charge in [-0.1, -0.05) is 50.6 Å². The summed E-state index contributed by atoms with van der Waals surface area (Å²) in [5.74, 6) is -4.08. The standard InChI is InChI=1S/C28H43N5O8/c1-8-16(2)22(23(29)35)33-25(37)17(3)30-26(38)20(14-21(34)40-15-19-12-10-9-11-13-19)32-24(36)18(4)31-27(39)41-28(5,6)7/h9-13,16-18,20,22H,8,14-15H2,1-7H3,(H2,29,35)(H,30,38)(H,31,39)(H,32,36)(H,33,37)/t16-,17-,18+,20+,22-/m0/s1. The monoisotopic (exact) mass is 577 g/mol. The van der Waals surface area contributed by atoms with Crippen molar-refractivity contribution in [1.82, 2.24) is 21.3 Å². The van der Waals surface area contributed by atoms with Gasteiger partial charge in [0.15, 0.2) is 0 Å². The van der Waals surface area contributed by atoms with E-state index in [-0.39, 0.29) is 12.5 Å². The molecule has 41 heavy (non-hydrogen) atoms. The number of hydrogen-bond acceptors (Lipinski definition) is 8. The molecule has 1 aromatic carbocycles. The molecule has 0 bridgehead atoms. The summed E-state index contributed by atoms with van der Waals surface area (Å²) in [6.07, 6.45) is -0.836. The summed E-state index contributed by atoms with van der Waals surface area (Å²) in [6, 6.07) is 4.17. The van der Waals surface area contributed by atoms with E-state index >= 15 is 0 Å². The lowest BCUT2D eigenvalue weighted by atomic mass is 9.98. The van der Waals surface area contributed by atoms with Gasteiger partial charge >= 0.3 is 12.1 Å². The molecule has 6 N–H and O–H groups in total. The second-order valence-electron chi connectivity index (χ2n) is 10.8. The first-order chi connectivity index (χ1) is 19.0. The number of esters is 1. The summed E-state index contributed by atoms with van der Waals surface area (Å²) in [7, 11) is 0. The van der Waals surface area contributed by atoms with Gasteiger partial charge in [-0.3, -0.25) is 24.0 Å². The molecule has 5 amide bonds. The number of hydrogen-bond donors (Lipinski definition) is 5. The maximum absolute atomic E-state index is 13.1. The van der Waals surface area contributed by atoms with Crippen LogP contribution in [0.2, 0.25) is 0 Å². The first kappa shape index (κ1) is 34.9. The fourth-order valence-corrected chi connectivity index (χ4v) is 3.41. The molecule has 0 saturated carbocycles. The van der Waals surface area contributed by atoms with E-state index in [1.807, 2.05) is 6.92 Å². The van der Waals surface area contributed by atoms with Crippen LogP contribution in [-0.2, 0) is 40.1 Å². The molecular weight excluding hydrogens is 534 g/mol. The quantitative estimate of drug-likeness (QED) is 0.202. The summed E-state index contributed by atoms with van der Waals surface area (Å²) in [4.78, 5) is 75.1. The van der Waals surface area contributed by atoms with Crippen molar-refractivity contribution < 1.29 is 38.2 Å². The Bertz CT molecular complexity index is 1070. The van der Waals surface area contributed by atoms with Crippen LogP contribution < -0.4 is 27.0 Å². The molecule has 228 valence electrons. The third-order valence-corrected chi connectivity index (χ3v) is 5.94. The Labute approximate surface area is 240 Å². The lowest BCUT2D eigenvalue weighted by molar-refractivity contribution is -0.147. The summed E-state index contributed by atoms with van der Waals surface area (Å²) in [6.45, 7) is 11.2. The van der Waals surface area contributed by atoms with Crippen LogP contribution in [0, 0.1) is 5.92 Å². The Morgan fingerprint density at radius 3 is 1.93 bits per heavy atom. The Balaban J connectivity index is 2.97. The summed E-state index contributed by atoms with van der Waals surface area (Å²) in [5.41, 5.74) is 5.33. The fourth-order valence-electron chi connectivity index (χ4n) is 3.41. The van der Waals surface area contributed by atoms with Gasteiger partial charge in [-0.05, 0) is 46.1 Å². The predicted octanol–water partition coefficient (Wildman–Crippen LogP) is 1.04. The van der Waals surface area contributed by atoms with Crippen molar-refractivity contribution in [2.24, 2.45) is 11.7 Å². The molecule has 13 heteroatoms. The lowest BCUT2D eigenvalue weighted by Gasteiger charge is -2.25. The van der Waals surface area contributed by atoms with Crippen molar-refractivity contribution >= 4 is 35.7 Å². The van der Waals surface area contributed by atoms with Crippen LogP contribution in [0.1, 0.15) is 66.9 Å². The number of ether oxygens (including phenoxy) is 2. The maximum Gasteiger partial charge on any atom is 0.408 e. The first-order valence-electron chi connectivity index (χ1n) is 13.4. The molecule has 0 heterocycles. The highest BCUT2D eigenvalue weighted by atomic mass is 16.6. The summed E-state index contributed by atoms with van der Waals surface area (Å²) >= 11 is 0. The molecule has 0 unspecified atom stereocenters. The zero-order valence-corrected chi connectivity index (χ0v) is 24.7. The molecule has 5 atom stereocenters. The minimum Gasteiger partial charge on any atom is -0.461 e. The first-order valence-corrected chi connectivity index (χ1v) is 13.4. The van der Waals surface area contributed by atoms with Gasteiger partial charge in [-0.2, -0.15) is 0 Å². The minimum atomic E-state index is -1.45. The molecule has 0 aliphatic rings. The molecule has 0 aliphatic carbocycles. The van der Waals surface area contributed by atoms with E-state index < -0.39 is 71.9 Å². The molecule has 0 radical (unpaired) electrons. The number of carbonyl (C=O) groups excluding carboxylic acids is 6. The Kier molecular flexibility index (Phi) is 13.8. The van der Waals surface area contributed by atoms with E-state index in [0.717, 1.165) is 5.56 Å². The van der Waals surface area contributed by atoms with Gasteiger partial charge in [0.05, 0.1) is 6.42 Å². The maximum atomic E-state index is 13.1.